The summed E-state index contributed by atoms with van der Waals surface area (Å²) in [6, 6.07) is 5.33. The number of carboxylic acid groups (broad SMARTS) is 1. The minimum Gasteiger partial charge on any atom is -0.481 e. The van der Waals surface area contributed by atoms with Crippen LogP contribution in [0.3, 0.4) is 0 Å². The average molecular weight is 315 g/mol. The van der Waals surface area contributed by atoms with Crippen LogP contribution in [-0.2, 0) is 4.79 Å². The van der Waals surface area contributed by atoms with Crippen molar-refractivity contribution in [3.8, 4) is 0 Å². The topological polar surface area (TPSA) is 37.3 Å². The van der Waals surface area contributed by atoms with Crippen LogP contribution in [0.15, 0.2) is 18.2 Å². The molecule has 1 saturated carbocycles. The van der Waals surface area contributed by atoms with Gasteiger partial charge >= 0.3 is 5.97 Å². The fraction of sp³-hybridized carbons (Fsp3) is 0.562. The van der Waals surface area contributed by atoms with E-state index in [9.17, 15) is 9.90 Å². The van der Waals surface area contributed by atoms with Crippen LogP contribution in [0.5, 0.6) is 0 Å². The molecule has 0 aromatic heterocycles. The van der Waals surface area contributed by atoms with E-state index in [2.05, 4.69) is 13.8 Å². The summed E-state index contributed by atoms with van der Waals surface area (Å²) in [4.78, 5) is 11.5. The van der Waals surface area contributed by atoms with Crippen LogP contribution in [0.1, 0.15) is 44.6 Å². The van der Waals surface area contributed by atoms with Crippen molar-refractivity contribution in [2.24, 2.45) is 17.8 Å². The summed E-state index contributed by atoms with van der Waals surface area (Å²) in [7, 11) is 0. The predicted molar refractivity (Wildman–Crippen MR) is 82.5 cm³/mol. The van der Waals surface area contributed by atoms with Gasteiger partial charge in [0.05, 0.1) is 5.92 Å². The van der Waals surface area contributed by atoms with Gasteiger partial charge in [-0.15, -0.1) is 0 Å². The van der Waals surface area contributed by atoms with E-state index in [-0.39, 0.29) is 11.8 Å². The van der Waals surface area contributed by atoms with E-state index < -0.39 is 5.97 Å². The maximum absolute atomic E-state index is 11.5. The Kier molecular flexibility index (Phi) is 4.98. The Labute approximate surface area is 130 Å². The van der Waals surface area contributed by atoms with E-state index in [4.69, 9.17) is 23.2 Å². The summed E-state index contributed by atoms with van der Waals surface area (Å²) >= 11 is 12.3. The highest BCUT2D eigenvalue weighted by Crippen LogP contribution is 2.45. The van der Waals surface area contributed by atoms with Crippen molar-refractivity contribution in [1.82, 2.24) is 0 Å². The molecular weight excluding hydrogens is 295 g/mol. The first kappa shape index (κ1) is 15.7. The number of rotatable bonds is 3. The van der Waals surface area contributed by atoms with Gasteiger partial charge in [0.1, 0.15) is 0 Å². The molecule has 1 N–H and O–H groups in total. The van der Waals surface area contributed by atoms with Crippen LogP contribution in [0.2, 0.25) is 10.0 Å². The lowest BCUT2D eigenvalue weighted by molar-refractivity contribution is -0.144. The first-order valence-electron chi connectivity index (χ1n) is 7.08. The Morgan fingerprint density at radius 1 is 1.30 bits per heavy atom. The highest BCUT2D eigenvalue weighted by molar-refractivity contribution is 6.33. The molecular formula is C16H20Cl2O2. The molecule has 1 aliphatic rings. The zero-order chi connectivity index (χ0) is 14.9. The van der Waals surface area contributed by atoms with E-state index in [1.165, 1.54) is 0 Å². The molecule has 0 bridgehead atoms. The molecule has 20 heavy (non-hydrogen) atoms. The molecule has 0 spiro atoms. The fourth-order valence-electron chi connectivity index (χ4n) is 3.25. The molecule has 0 aliphatic heterocycles. The Morgan fingerprint density at radius 3 is 2.60 bits per heavy atom. The van der Waals surface area contributed by atoms with E-state index in [0.29, 0.717) is 28.3 Å². The molecule has 2 nitrogen and oxygen atoms in total. The molecule has 1 aromatic carbocycles. The number of hydrogen-bond acceptors (Lipinski definition) is 1. The monoisotopic (exact) mass is 314 g/mol. The molecule has 4 heteroatoms. The van der Waals surface area contributed by atoms with Crippen molar-refractivity contribution in [2.75, 3.05) is 0 Å². The molecule has 2 rings (SSSR count). The number of halogens is 2. The molecule has 3 atom stereocenters. The van der Waals surface area contributed by atoms with Gasteiger partial charge in [-0.1, -0.05) is 37.0 Å². The van der Waals surface area contributed by atoms with Crippen LogP contribution in [0.25, 0.3) is 0 Å². The van der Waals surface area contributed by atoms with Crippen molar-refractivity contribution >= 4 is 29.2 Å². The normalized spacial score (nSPS) is 26.8. The Morgan fingerprint density at radius 2 is 2.00 bits per heavy atom. The molecule has 3 unspecified atom stereocenters. The zero-order valence-corrected chi connectivity index (χ0v) is 13.3. The highest BCUT2D eigenvalue weighted by atomic mass is 35.5. The molecule has 1 aliphatic carbocycles. The van der Waals surface area contributed by atoms with Crippen molar-refractivity contribution in [2.45, 2.75) is 39.0 Å². The molecule has 0 saturated heterocycles. The number of hydrogen-bond donors (Lipinski definition) is 1. The minimum absolute atomic E-state index is 0.0418. The Hall–Kier alpha value is -0.730. The summed E-state index contributed by atoms with van der Waals surface area (Å²) < 4.78 is 0. The van der Waals surface area contributed by atoms with Crippen LogP contribution in [0, 0.1) is 17.8 Å². The SMILES string of the molecule is CC(C)C1CCC(C(=O)O)C(c2cc(Cl)ccc2Cl)C1. The van der Waals surface area contributed by atoms with Crippen molar-refractivity contribution in [1.29, 1.82) is 0 Å². The van der Waals surface area contributed by atoms with E-state index in [0.717, 1.165) is 18.4 Å². The standard InChI is InChI=1S/C16H20Cl2O2/c1-9(2)10-3-5-12(16(19)20)13(7-10)14-8-11(17)4-6-15(14)18/h4,6,8-10,12-13H,3,5,7H2,1-2H3,(H,19,20). The van der Waals surface area contributed by atoms with Crippen LogP contribution in [-0.4, -0.2) is 11.1 Å². The minimum atomic E-state index is -0.728. The summed E-state index contributed by atoms with van der Waals surface area (Å²) in [5, 5.41) is 10.7. The Bertz CT molecular complexity index is 499. The van der Waals surface area contributed by atoms with Crippen molar-refractivity contribution in [3.05, 3.63) is 33.8 Å². The van der Waals surface area contributed by atoms with Gasteiger partial charge in [-0.3, -0.25) is 4.79 Å². The van der Waals surface area contributed by atoms with Gasteiger partial charge in [0, 0.05) is 10.0 Å². The molecule has 0 amide bonds. The second kappa shape index (κ2) is 6.36. The molecule has 1 fully saturated rings. The number of aliphatic carboxylic acids is 1. The maximum atomic E-state index is 11.5. The summed E-state index contributed by atoms with van der Waals surface area (Å²) in [5.74, 6) is -0.0232. The van der Waals surface area contributed by atoms with Crippen LogP contribution >= 0.6 is 23.2 Å². The third-order valence-electron chi connectivity index (χ3n) is 4.51. The maximum Gasteiger partial charge on any atom is 0.307 e. The van der Waals surface area contributed by atoms with Crippen molar-refractivity contribution in [3.63, 3.8) is 0 Å². The van der Waals surface area contributed by atoms with E-state index >= 15 is 0 Å². The molecule has 0 radical (unpaired) electrons. The first-order valence-corrected chi connectivity index (χ1v) is 7.83. The quantitative estimate of drug-likeness (QED) is 0.829. The van der Waals surface area contributed by atoms with E-state index in [1.54, 1.807) is 12.1 Å². The Balaban J connectivity index is 2.36. The number of carbonyl (C=O) groups is 1. The third kappa shape index (κ3) is 3.29. The molecule has 1 aromatic rings. The number of carboxylic acids is 1. The zero-order valence-electron chi connectivity index (χ0n) is 11.8. The highest BCUT2D eigenvalue weighted by Gasteiger charge is 2.37. The van der Waals surface area contributed by atoms with Gasteiger partial charge < -0.3 is 5.11 Å². The summed E-state index contributed by atoms with van der Waals surface area (Å²) in [5.41, 5.74) is 0.886. The fourth-order valence-corrected chi connectivity index (χ4v) is 3.68. The summed E-state index contributed by atoms with van der Waals surface area (Å²) in [6.07, 6.45) is 2.56. The second-order valence-corrected chi connectivity index (χ2v) is 6.88. The van der Waals surface area contributed by atoms with Crippen LogP contribution in [0.4, 0.5) is 0 Å². The van der Waals surface area contributed by atoms with Gasteiger partial charge in [-0.2, -0.15) is 0 Å². The molecule has 0 heterocycles. The predicted octanol–water partition coefficient (Wildman–Crippen LogP) is 5.23. The molecule has 110 valence electrons. The third-order valence-corrected chi connectivity index (χ3v) is 5.09. The first-order chi connectivity index (χ1) is 9.40. The lowest BCUT2D eigenvalue weighted by Gasteiger charge is -2.36. The van der Waals surface area contributed by atoms with Gasteiger partial charge in [-0.05, 0) is 60.8 Å². The van der Waals surface area contributed by atoms with Gasteiger partial charge in [0.25, 0.3) is 0 Å². The number of benzene rings is 1. The smallest absolute Gasteiger partial charge is 0.307 e. The van der Waals surface area contributed by atoms with Gasteiger partial charge in [0.2, 0.25) is 0 Å². The van der Waals surface area contributed by atoms with Crippen molar-refractivity contribution < 1.29 is 9.90 Å². The largest absolute Gasteiger partial charge is 0.481 e. The lowest BCUT2D eigenvalue weighted by atomic mass is 9.68. The summed E-state index contributed by atoms with van der Waals surface area (Å²) in [6.45, 7) is 4.39. The average Bonchev–Trinajstić information content (AvgIpc) is 2.40. The van der Waals surface area contributed by atoms with Gasteiger partial charge in [0.15, 0.2) is 0 Å². The van der Waals surface area contributed by atoms with E-state index in [1.807, 2.05) is 6.07 Å². The van der Waals surface area contributed by atoms with Crippen LogP contribution < -0.4 is 0 Å². The van der Waals surface area contributed by atoms with Gasteiger partial charge in [-0.25, -0.2) is 0 Å². The second-order valence-electron chi connectivity index (χ2n) is 6.03. The lowest BCUT2D eigenvalue weighted by Crippen LogP contribution is -2.31.